The average molecular weight is 469 g/mol. The number of sulfonamides is 1. The molecular weight excluding hydrogens is 448 g/mol. The van der Waals surface area contributed by atoms with Crippen molar-refractivity contribution in [3.8, 4) is 5.75 Å². The number of aryl methyl sites for hydroxylation is 1. The van der Waals surface area contributed by atoms with E-state index in [1.807, 2.05) is 0 Å². The summed E-state index contributed by atoms with van der Waals surface area (Å²) < 4.78 is 38.4. The number of ether oxygens (including phenoxy) is 2. The number of nitrogens with zero attached hydrogens (tertiary/aromatic N) is 1. The summed E-state index contributed by atoms with van der Waals surface area (Å²) in [5.41, 5.74) is 1.45. The van der Waals surface area contributed by atoms with E-state index in [4.69, 9.17) is 9.47 Å². The van der Waals surface area contributed by atoms with Gasteiger partial charge in [-0.05, 0) is 42.8 Å². The maximum Gasteiger partial charge on any atom is 0.256 e. The summed E-state index contributed by atoms with van der Waals surface area (Å²) in [6.45, 7) is 3.08. The molecule has 2 aromatic carbocycles. The fourth-order valence-electron chi connectivity index (χ4n) is 2.91. The molecule has 1 aliphatic rings. The van der Waals surface area contributed by atoms with Gasteiger partial charge in [-0.15, -0.1) is 0 Å². The van der Waals surface area contributed by atoms with Crippen molar-refractivity contribution in [2.75, 3.05) is 38.7 Å². The zero-order valence-electron chi connectivity index (χ0n) is 15.6. The summed E-state index contributed by atoms with van der Waals surface area (Å²) >= 11 is 3.37. The van der Waals surface area contributed by atoms with Gasteiger partial charge in [-0.3, -0.25) is 4.79 Å². The molecule has 0 radical (unpaired) electrons. The molecule has 0 bridgehead atoms. The number of hydrogen-bond donors (Lipinski definition) is 1. The van der Waals surface area contributed by atoms with E-state index in [2.05, 4.69) is 21.2 Å². The number of nitrogens with one attached hydrogen (secondary N) is 1. The van der Waals surface area contributed by atoms with Gasteiger partial charge in [0, 0.05) is 23.1 Å². The number of amides is 1. The topological polar surface area (TPSA) is 84.9 Å². The molecule has 1 amide bonds. The second kappa shape index (κ2) is 8.60. The Kier molecular flexibility index (Phi) is 6.39. The van der Waals surface area contributed by atoms with E-state index in [1.165, 1.54) is 23.5 Å². The summed E-state index contributed by atoms with van der Waals surface area (Å²) in [5, 5.41) is 2.80. The number of rotatable bonds is 5. The Balaban J connectivity index is 1.91. The second-order valence-electron chi connectivity index (χ2n) is 6.29. The minimum absolute atomic E-state index is 0.0892. The summed E-state index contributed by atoms with van der Waals surface area (Å²) in [4.78, 5) is 12.9. The predicted octanol–water partition coefficient (Wildman–Crippen LogP) is 3.04. The number of halogens is 1. The van der Waals surface area contributed by atoms with Crippen LogP contribution in [-0.4, -0.2) is 52.0 Å². The van der Waals surface area contributed by atoms with Gasteiger partial charge in [0.1, 0.15) is 5.75 Å². The quantitative estimate of drug-likeness (QED) is 0.728. The lowest BCUT2D eigenvalue weighted by Crippen LogP contribution is -2.40. The highest BCUT2D eigenvalue weighted by atomic mass is 79.9. The predicted molar refractivity (Wildman–Crippen MR) is 109 cm³/mol. The third-order valence-corrected chi connectivity index (χ3v) is 6.86. The van der Waals surface area contributed by atoms with E-state index in [-0.39, 0.29) is 10.5 Å². The number of carbonyl (C=O) groups excluding carboxylic acids is 1. The van der Waals surface area contributed by atoms with Crippen molar-refractivity contribution in [2.45, 2.75) is 11.8 Å². The molecule has 0 spiro atoms. The molecule has 7 nitrogen and oxygen atoms in total. The Hall–Kier alpha value is -1.94. The van der Waals surface area contributed by atoms with Crippen molar-refractivity contribution in [1.82, 2.24) is 4.31 Å². The number of morpholine rings is 1. The summed E-state index contributed by atoms with van der Waals surface area (Å²) in [6, 6.07) is 9.83. The van der Waals surface area contributed by atoms with Gasteiger partial charge in [0.15, 0.2) is 0 Å². The molecule has 1 fully saturated rings. The average Bonchev–Trinajstić information content (AvgIpc) is 2.69. The van der Waals surface area contributed by atoms with Crippen molar-refractivity contribution in [3.05, 3.63) is 52.0 Å². The minimum Gasteiger partial charge on any atom is -0.495 e. The lowest BCUT2D eigenvalue weighted by atomic mass is 10.1. The van der Waals surface area contributed by atoms with Crippen LogP contribution in [-0.2, 0) is 14.8 Å². The van der Waals surface area contributed by atoms with Crippen molar-refractivity contribution in [1.29, 1.82) is 0 Å². The molecule has 0 atom stereocenters. The zero-order valence-corrected chi connectivity index (χ0v) is 18.0. The van der Waals surface area contributed by atoms with Gasteiger partial charge in [0.2, 0.25) is 10.0 Å². The Bertz CT molecular complexity index is 988. The van der Waals surface area contributed by atoms with Gasteiger partial charge in [0.25, 0.3) is 5.91 Å². The molecule has 28 heavy (non-hydrogen) atoms. The molecule has 3 rings (SSSR count). The van der Waals surface area contributed by atoms with Crippen LogP contribution in [0.4, 0.5) is 5.69 Å². The normalized spacial score (nSPS) is 15.2. The lowest BCUT2D eigenvalue weighted by molar-refractivity contribution is 0.0730. The number of carbonyl (C=O) groups is 1. The molecule has 0 unspecified atom stereocenters. The smallest absolute Gasteiger partial charge is 0.256 e. The maximum absolute atomic E-state index is 12.9. The summed E-state index contributed by atoms with van der Waals surface area (Å²) in [7, 11) is -2.17. The third kappa shape index (κ3) is 4.38. The molecular formula is C19H21BrN2O5S. The van der Waals surface area contributed by atoms with Crippen molar-refractivity contribution < 1.29 is 22.7 Å². The molecule has 1 aliphatic heterocycles. The highest BCUT2D eigenvalue weighted by Crippen LogP contribution is 2.29. The van der Waals surface area contributed by atoms with Gasteiger partial charge < -0.3 is 14.8 Å². The zero-order chi connectivity index (χ0) is 20.3. The molecule has 1 saturated heterocycles. The highest BCUT2D eigenvalue weighted by molar-refractivity contribution is 9.10. The van der Waals surface area contributed by atoms with Crippen LogP contribution < -0.4 is 10.1 Å². The standard InChI is InChI=1S/C19H21BrN2O5S/c1-13-3-5-15(28(24,25)22-7-9-27-10-8-22)12-16(13)19(23)21-17-11-14(20)4-6-18(17)26-2/h3-6,11-12H,7-10H2,1-2H3,(H,21,23). The fraction of sp³-hybridized carbons (Fsp3) is 0.316. The first kappa shape index (κ1) is 20.8. The summed E-state index contributed by atoms with van der Waals surface area (Å²) in [6.07, 6.45) is 0. The van der Waals surface area contributed by atoms with Crippen LogP contribution in [0.2, 0.25) is 0 Å². The maximum atomic E-state index is 12.9. The molecule has 1 N–H and O–H groups in total. The van der Waals surface area contributed by atoms with Gasteiger partial charge in [-0.2, -0.15) is 4.31 Å². The van der Waals surface area contributed by atoms with E-state index in [0.29, 0.717) is 43.3 Å². The minimum atomic E-state index is -3.69. The van der Waals surface area contributed by atoms with E-state index in [9.17, 15) is 13.2 Å². The molecule has 2 aromatic rings. The van der Waals surface area contributed by atoms with Gasteiger partial charge >= 0.3 is 0 Å². The van der Waals surface area contributed by atoms with Crippen molar-refractivity contribution in [3.63, 3.8) is 0 Å². The first-order valence-corrected chi connectivity index (χ1v) is 10.9. The Morgan fingerprint density at radius 1 is 1.18 bits per heavy atom. The third-order valence-electron chi connectivity index (χ3n) is 4.47. The van der Waals surface area contributed by atoms with Crippen molar-refractivity contribution >= 4 is 37.5 Å². The SMILES string of the molecule is COc1ccc(Br)cc1NC(=O)c1cc(S(=O)(=O)N2CCOCC2)ccc1C. The van der Waals surface area contributed by atoms with E-state index in [1.54, 1.807) is 31.2 Å². The summed E-state index contributed by atoms with van der Waals surface area (Å²) in [5.74, 6) is 0.0965. The Labute approximate surface area is 172 Å². The van der Waals surface area contributed by atoms with Crippen LogP contribution in [0.25, 0.3) is 0 Å². The fourth-order valence-corrected chi connectivity index (χ4v) is 4.71. The molecule has 9 heteroatoms. The van der Waals surface area contributed by atoms with Crippen LogP contribution in [0.15, 0.2) is 45.8 Å². The van der Waals surface area contributed by atoms with Crippen LogP contribution in [0.1, 0.15) is 15.9 Å². The first-order chi connectivity index (χ1) is 13.3. The highest BCUT2D eigenvalue weighted by Gasteiger charge is 2.27. The molecule has 0 aliphatic carbocycles. The van der Waals surface area contributed by atoms with Gasteiger partial charge in [-0.25, -0.2) is 8.42 Å². The monoisotopic (exact) mass is 468 g/mol. The van der Waals surface area contributed by atoms with Crippen molar-refractivity contribution in [2.24, 2.45) is 0 Å². The largest absolute Gasteiger partial charge is 0.495 e. The number of benzene rings is 2. The molecule has 150 valence electrons. The van der Waals surface area contributed by atoms with Crippen LogP contribution in [0.5, 0.6) is 5.75 Å². The molecule has 0 saturated carbocycles. The van der Waals surface area contributed by atoms with E-state index >= 15 is 0 Å². The van der Waals surface area contributed by atoms with Crippen LogP contribution in [0, 0.1) is 6.92 Å². The first-order valence-electron chi connectivity index (χ1n) is 8.66. The number of methoxy groups -OCH3 is 1. The van der Waals surface area contributed by atoms with Crippen LogP contribution in [0.3, 0.4) is 0 Å². The molecule has 0 aromatic heterocycles. The Morgan fingerprint density at radius 3 is 2.57 bits per heavy atom. The van der Waals surface area contributed by atoms with Gasteiger partial charge in [-0.1, -0.05) is 22.0 Å². The van der Waals surface area contributed by atoms with Crippen LogP contribution >= 0.6 is 15.9 Å². The second-order valence-corrected chi connectivity index (χ2v) is 9.15. The van der Waals surface area contributed by atoms with Gasteiger partial charge in [0.05, 0.1) is 30.9 Å². The molecule has 1 heterocycles. The van der Waals surface area contributed by atoms with E-state index < -0.39 is 15.9 Å². The van der Waals surface area contributed by atoms with E-state index in [0.717, 1.165) is 4.47 Å². The Morgan fingerprint density at radius 2 is 1.89 bits per heavy atom. The number of anilines is 1. The number of hydrogen-bond acceptors (Lipinski definition) is 5. The lowest BCUT2D eigenvalue weighted by Gasteiger charge is -2.26.